The highest BCUT2D eigenvalue weighted by Gasteiger charge is 2.17. The number of rotatable bonds is 3. The second-order valence-corrected chi connectivity index (χ2v) is 5.62. The van der Waals surface area contributed by atoms with Crippen LogP contribution >= 0.6 is 11.6 Å². The molecule has 1 N–H and O–H groups in total. The summed E-state index contributed by atoms with van der Waals surface area (Å²) < 4.78 is 1.76. The normalized spacial score (nSPS) is 10.9. The number of aryl methyl sites for hydroxylation is 1. The minimum atomic E-state index is -0.174. The topological polar surface area (TPSA) is 50.9 Å². The van der Waals surface area contributed by atoms with E-state index in [0.29, 0.717) is 10.7 Å². The zero-order chi connectivity index (χ0) is 15.7. The molecule has 22 heavy (non-hydrogen) atoms. The van der Waals surface area contributed by atoms with Gasteiger partial charge in [0, 0.05) is 10.6 Å². The van der Waals surface area contributed by atoms with Gasteiger partial charge in [-0.25, -0.2) is 4.68 Å². The van der Waals surface area contributed by atoms with Crippen molar-refractivity contribution in [3.8, 4) is 16.9 Å². The largest absolute Gasteiger partial charge is 0.390 e. The van der Waals surface area contributed by atoms with Crippen molar-refractivity contribution in [2.24, 2.45) is 0 Å². The fourth-order valence-electron chi connectivity index (χ4n) is 2.48. The summed E-state index contributed by atoms with van der Waals surface area (Å²) in [5.74, 6) is 0. The fourth-order valence-corrected chi connectivity index (χ4v) is 2.67. The van der Waals surface area contributed by atoms with Crippen molar-refractivity contribution in [1.29, 1.82) is 0 Å². The van der Waals surface area contributed by atoms with Crippen LogP contribution in [0.3, 0.4) is 0 Å². The van der Waals surface area contributed by atoms with Crippen LogP contribution in [0.25, 0.3) is 16.9 Å². The Hall–Kier alpha value is -2.17. The van der Waals surface area contributed by atoms with E-state index in [1.54, 1.807) is 4.68 Å². The lowest BCUT2D eigenvalue weighted by atomic mass is 10.1. The van der Waals surface area contributed by atoms with E-state index in [4.69, 9.17) is 11.6 Å². The first-order chi connectivity index (χ1) is 10.6. The van der Waals surface area contributed by atoms with Crippen LogP contribution in [0.2, 0.25) is 5.02 Å². The zero-order valence-electron chi connectivity index (χ0n) is 12.4. The van der Waals surface area contributed by atoms with E-state index in [-0.39, 0.29) is 6.61 Å². The lowest BCUT2D eigenvalue weighted by molar-refractivity contribution is 0.277. The zero-order valence-corrected chi connectivity index (χ0v) is 13.2. The molecule has 4 nitrogen and oxygen atoms in total. The first-order valence-electron chi connectivity index (χ1n) is 6.99. The van der Waals surface area contributed by atoms with Crippen LogP contribution in [0, 0.1) is 13.8 Å². The maximum atomic E-state index is 9.58. The van der Waals surface area contributed by atoms with Crippen LogP contribution in [-0.2, 0) is 6.61 Å². The Morgan fingerprint density at radius 2 is 1.91 bits per heavy atom. The second kappa shape index (κ2) is 5.91. The third-order valence-electron chi connectivity index (χ3n) is 3.79. The highest BCUT2D eigenvalue weighted by molar-refractivity contribution is 6.30. The number of benzene rings is 2. The minimum Gasteiger partial charge on any atom is -0.390 e. The smallest absolute Gasteiger partial charge is 0.117 e. The van der Waals surface area contributed by atoms with E-state index < -0.39 is 0 Å². The molecule has 112 valence electrons. The minimum absolute atomic E-state index is 0.174. The molecule has 0 radical (unpaired) electrons. The van der Waals surface area contributed by atoms with E-state index in [2.05, 4.69) is 23.3 Å². The monoisotopic (exact) mass is 313 g/mol. The Balaban J connectivity index is 2.26. The highest BCUT2D eigenvalue weighted by Crippen LogP contribution is 2.29. The molecule has 2 aromatic carbocycles. The molecule has 0 spiro atoms. The summed E-state index contributed by atoms with van der Waals surface area (Å²) in [5.41, 5.74) is 5.42. The van der Waals surface area contributed by atoms with E-state index in [0.717, 1.165) is 22.5 Å². The molecule has 0 bridgehead atoms. The van der Waals surface area contributed by atoms with Crippen molar-refractivity contribution >= 4 is 11.6 Å². The standard InChI is InChI=1S/C17H16ClN3O/c1-11-5-3-8-16(12(11)2)21-17(15(10-22)19-20-21)13-6-4-7-14(18)9-13/h3-9,22H,10H2,1-2H3. The Bertz CT molecular complexity index is 827. The number of hydrogen-bond acceptors (Lipinski definition) is 3. The molecule has 0 amide bonds. The summed E-state index contributed by atoms with van der Waals surface area (Å²) in [4.78, 5) is 0. The van der Waals surface area contributed by atoms with Crippen molar-refractivity contribution in [2.45, 2.75) is 20.5 Å². The summed E-state index contributed by atoms with van der Waals surface area (Å²) in [5, 5.41) is 18.6. The van der Waals surface area contributed by atoms with E-state index >= 15 is 0 Å². The quantitative estimate of drug-likeness (QED) is 0.802. The first-order valence-corrected chi connectivity index (χ1v) is 7.37. The number of halogens is 1. The summed E-state index contributed by atoms with van der Waals surface area (Å²) in [6, 6.07) is 13.5. The van der Waals surface area contributed by atoms with Gasteiger partial charge >= 0.3 is 0 Å². The number of nitrogens with zero attached hydrogens (tertiary/aromatic N) is 3. The van der Waals surface area contributed by atoms with Gasteiger partial charge < -0.3 is 5.11 Å². The molecule has 0 saturated carbocycles. The molecule has 0 atom stereocenters. The van der Waals surface area contributed by atoms with Gasteiger partial charge in [0.25, 0.3) is 0 Å². The van der Waals surface area contributed by atoms with Crippen LogP contribution in [0.1, 0.15) is 16.8 Å². The van der Waals surface area contributed by atoms with Crippen molar-refractivity contribution in [3.05, 3.63) is 64.3 Å². The van der Waals surface area contributed by atoms with E-state index in [1.807, 2.05) is 43.3 Å². The molecule has 3 rings (SSSR count). The molecular weight excluding hydrogens is 298 g/mol. The van der Waals surface area contributed by atoms with Gasteiger partial charge in [0.05, 0.1) is 12.3 Å². The van der Waals surface area contributed by atoms with Crippen LogP contribution < -0.4 is 0 Å². The maximum absolute atomic E-state index is 9.58. The van der Waals surface area contributed by atoms with Gasteiger partial charge in [0.15, 0.2) is 0 Å². The Morgan fingerprint density at radius 3 is 2.64 bits per heavy atom. The summed E-state index contributed by atoms with van der Waals surface area (Å²) in [7, 11) is 0. The van der Waals surface area contributed by atoms with E-state index in [1.165, 1.54) is 5.56 Å². The third-order valence-corrected chi connectivity index (χ3v) is 4.03. The highest BCUT2D eigenvalue weighted by atomic mass is 35.5. The molecule has 0 fully saturated rings. The molecule has 0 unspecified atom stereocenters. The Labute approximate surface area is 134 Å². The number of aliphatic hydroxyl groups excluding tert-OH is 1. The average Bonchev–Trinajstić information content (AvgIpc) is 2.93. The second-order valence-electron chi connectivity index (χ2n) is 5.18. The number of aromatic nitrogens is 3. The fraction of sp³-hybridized carbons (Fsp3) is 0.176. The molecule has 5 heteroatoms. The SMILES string of the molecule is Cc1cccc(-n2nnc(CO)c2-c2cccc(Cl)c2)c1C. The predicted octanol–water partition coefficient (Wildman–Crippen LogP) is 3.70. The van der Waals surface area contributed by atoms with Gasteiger partial charge in [-0.3, -0.25) is 0 Å². The van der Waals surface area contributed by atoms with Gasteiger partial charge in [-0.2, -0.15) is 0 Å². The summed E-state index contributed by atoms with van der Waals surface area (Å²) in [6.45, 7) is 3.93. The number of aliphatic hydroxyl groups is 1. The van der Waals surface area contributed by atoms with Crippen molar-refractivity contribution in [2.75, 3.05) is 0 Å². The Morgan fingerprint density at radius 1 is 1.14 bits per heavy atom. The molecule has 1 heterocycles. The van der Waals surface area contributed by atoms with Crippen LogP contribution in [0.4, 0.5) is 0 Å². The van der Waals surface area contributed by atoms with Crippen LogP contribution in [0.5, 0.6) is 0 Å². The Kier molecular flexibility index (Phi) is 3.96. The lowest BCUT2D eigenvalue weighted by Gasteiger charge is -2.12. The molecule has 0 saturated heterocycles. The lowest BCUT2D eigenvalue weighted by Crippen LogP contribution is -2.03. The summed E-state index contributed by atoms with van der Waals surface area (Å²) in [6.07, 6.45) is 0. The average molecular weight is 314 g/mol. The van der Waals surface area contributed by atoms with Gasteiger partial charge in [0.2, 0.25) is 0 Å². The first kappa shape index (κ1) is 14.8. The van der Waals surface area contributed by atoms with Gasteiger partial charge in [-0.05, 0) is 43.2 Å². The summed E-state index contributed by atoms with van der Waals surface area (Å²) >= 11 is 6.10. The van der Waals surface area contributed by atoms with Gasteiger partial charge in [-0.15, -0.1) is 5.10 Å². The molecule has 3 aromatic rings. The number of hydrogen-bond donors (Lipinski definition) is 1. The molecule has 0 aliphatic rings. The van der Waals surface area contributed by atoms with Crippen molar-refractivity contribution < 1.29 is 5.11 Å². The third kappa shape index (κ3) is 2.51. The predicted molar refractivity (Wildman–Crippen MR) is 87.2 cm³/mol. The molecule has 1 aromatic heterocycles. The maximum Gasteiger partial charge on any atom is 0.117 e. The van der Waals surface area contributed by atoms with Gasteiger partial charge in [-0.1, -0.05) is 41.1 Å². The van der Waals surface area contributed by atoms with Crippen LogP contribution in [0.15, 0.2) is 42.5 Å². The van der Waals surface area contributed by atoms with Gasteiger partial charge in [0.1, 0.15) is 11.4 Å². The molecular formula is C17H16ClN3O. The van der Waals surface area contributed by atoms with Crippen LogP contribution in [-0.4, -0.2) is 20.1 Å². The van der Waals surface area contributed by atoms with Crippen molar-refractivity contribution in [3.63, 3.8) is 0 Å². The van der Waals surface area contributed by atoms with E-state index in [9.17, 15) is 5.11 Å². The van der Waals surface area contributed by atoms with Crippen molar-refractivity contribution in [1.82, 2.24) is 15.0 Å². The molecule has 0 aliphatic heterocycles. The molecule has 0 aliphatic carbocycles.